The highest BCUT2D eigenvalue weighted by atomic mass is 32.2. The molecule has 8 nitrogen and oxygen atoms in total. The zero-order valence-corrected chi connectivity index (χ0v) is 13.2. The molecule has 0 aliphatic carbocycles. The van der Waals surface area contributed by atoms with Crippen molar-refractivity contribution in [3.8, 4) is 5.75 Å². The molecule has 1 fully saturated rings. The fourth-order valence-corrected chi connectivity index (χ4v) is 2.43. The van der Waals surface area contributed by atoms with E-state index in [0.29, 0.717) is 11.3 Å². The summed E-state index contributed by atoms with van der Waals surface area (Å²) in [6, 6.07) is 5.00. The lowest BCUT2D eigenvalue weighted by molar-refractivity contribution is -0.135. The lowest BCUT2D eigenvalue weighted by Crippen LogP contribution is -2.19. The van der Waals surface area contributed by atoms with E-state index < -0.39 is 11.9 Å². The number of nitrogens with zero attached hydrogens (tertiary/aromatic N) is 2. The van der Waals surface area contributed by atoms with Crippen LogP contribution in [0.15, 0.2) is 39.4 Å². The Balaban J connectivity index is 2.15. The van der Waals surface area contributed by atoms with Crippen LogP contribution in [-0.2, 0) is 14.3 Å². The molecule has 9 heteroatoms. The minimum atomic E-state index is -0.625. The summed E-state index contributed by atoms with van der Waals surface area (Å²) in [4.78, 5) is 22.9. The van der Waals surface area contributed by atoms with Crippen LogP contribution in [0.4, 0.5) is 5.69 Å². The highest BCUT2D eigenvalue weighted by molar-refractivity contribution is 8.18. The number of nitrogens with one attached hydrogen (secondary N) is 2. The molecule has 1 aliphatic rings. The third-order valence-electron chi connectivity index (χ3n) is 2.79. The summed E-state index contributed by atoms with van der Waals surface area (Å²) < 4.78 is 4.46. The van der Waals surface area contributed by atoms with Crippen LogP contribution in [0.25, 0.3) is 0 Å². The summed E-state index contributed by atoms with van der Waals surface area (Å²) in [5, 5.41) is 23.1. The molecule has 23 heavy (non-hydrogen) atoms. The van der Waals surface area contributed by atoms with Gasteiger partial charge in [-0.15, -0.1) is 5.10 Å². The number of rotatable bonds is 4. The van der Waals surface area contributed by atoms with Crippen molar-refractivity contribution in [3.63, 3.8) is 0 Å². The van der Waals surface area contributed by atoms with Gasteiger partial charge in [-0.2, -0.15) is 5.10 Å². The Morgan fingerprint density at radius 2 is 2.26 bits per heavy atom. The smallest absolute Gasteiger partial charge is 0.331 e. The van der Waals surface area contributed by atoms with Crippen LogP contribution >= 0.6 is 11.8 Å². The van der Waals surface area contributed by atoms with Gasteiger partial charge in [-0.05, 0) is 23.9 Å². The van der Waals surface area contributed by atoms with Gasteiger partial charge in [0.1, 0.15) is 5.75 Å². The van der Waals surface area contributed by atoms with Gasteiger partial charge in [0.15, 0.2) is 5.17 Å². The SMILES string of the molecule is CNc1cccc(O)c1C=N/N=C1/NC(=O)/C(=C\C(=O)OC)S1. The molecular formula is C14H14N4O4S. The molecule has 0 saturated carbocycles. The summed E-state index contributed by atoms with van der Waals surface area (Å²) in [7, 11) is 2.94. The second kappa shape index (κ2) is 7.45. The van der Waals surface area contributed by atoms with E-state index in [2.05, 4.69) is 25.6 Å². The fraction of sp³-hybridized carbons (Fsp3) is 0.143. The van der Waals surface area contributed by atoms with Crippen molar-refractivity contribution in [2.45, 2.75) is 0 Å². The van der Waals surface area contributed by atoms with E-state index in [-0.39, 0.29) is 15.8 Å². The van der Waals surface area contributed by atoms with Crippen LogP contribution < -0.4 is 10.6 Å². The summed E-state index contributed by atoms with van der Waals surface area (Å²) in [6.45, 7) is 0. The molecule has 1 aromatic carbocycles. The number of phenols is 1. The standard InChI is InChI=1S/C14H14N4O4S/c1-15-9-4-3-5-10(19)8(9)7-16-18-14-17-13(21)11(23-14)6-12(20)22-2/h3-7,15,19H,1-2H3,(H,17,18,21)/b11-6+,16-7?. The maximum Gasteiger partial charge on any atom is 0.331 e. The van der Waals surface area contributed by atoms with Gasteiger partial charge in [0.25, 0.3) is 5.91 Å². The molecule has 0 spiro atoms. The molecule has 1 saturated heterocycles. The minimum absolute atomic E-state index is 0.0511. The predicted octanol–water partition coefficient (Wildman–Crippen LogP) is 1.04. The van der Waals surface area contributed by atoms with Gasteiger partial charge in [-0.25, -0.2) is 4.79 Å². The number of hydrogen-bond acceptors (Lipinski definition) is 8. The van der Waals surface area contributed by atoms with Crippen LogP contribution in [0.3, 0.4) is 0 Å². The summed E-state index contributed by atoms with van der Waals surface area (Å²) in [5.74, 6) is -1.02. The maximum atomic E-state index is 11.6. The number of aromatic hydroxyl groups is 1. The Hall–Kier alpha value is -2.81. The van der Waals surface area contributed by atoms with Crippen molar-refractivity contribution >= 4 is 40.7 Å². The third-order valence-corrected chi connectivity index (χ3v) is 3.69. The number of amidine groups is 1. The summed E-state index contributed by atoms with van der Waals surface area (Å²) in [6.07, 6.45) is 2.44. The lowest BCUT2D eigenvalue weighted by Gasteiger charge is -2.05. The number of esters is 1. The molecular weight excluding hydrogens is 320 g/mol. The number of carbonyl (C=O) groups is 2. The number of anilines is 1. The van der Waals surface area contributed by atoms with Crippen LogP contribution in [0.1, 0.15) is 5.56 Å². The lowest BCUT2D eigenvalue weighted by atomic mass is 10.2. The Bertz CT molecular complexity index is 727. The van der Waals surface area contributed by atoms with Crippen molar-refractivity contribution in [3.05, 3.63) is 34.7 Å². The molecule has 1 aliphatic heterocycles. The first-order valence-corrected chi connectivity index (χ1v) is 7.26. The average Bonchev–Trinajstić information content (AvgIpc) is 2.88. The van der Waals surface area contributed by atoms with Gasteiger partial charge in [-0.3, -0.25) is 10.1 Å². The van der Waals surface area contributed by atoms with Gasteiger partial charge in [0, 0.05) is 18.8 Å². The van der Waals surface area contributed by atoms with E-state index in [9.17, 15) is 14.7 Å². The first-order valence-electron chi connectivity index (χ1n) is 6.44. The molecule has 0 unspecified atom stereocenters. The van der Waals surface area contributed by atoms with Crippen LogP contribution in [0, 0.1) is 0 Å². The topological polar surface area (TPSA) is 112 Å². The first-order chi connectivity index (χ1) is 11.0. The summed E-state index contributed by atoms with van der Waals surface area (Å²) >= 11 is 0.970. The number of hydrogen-bond donors (Lipinski definition) is 3. The van der Waals surface area contributed by atoms with E-state index >= 15 is 0 Å². The predicted molar refractivity (Wildman–Crippen MR) is 88.5 cm³/mol. The molecule has 0 radical (unpaired) electrons. The van der Waals surface area contributed by atoms with Gasteiger partial charge in [-0.1, -0.05) is 6.07 Å². The van der Waals surface area contributed by atoms with E-state index in [0.717, 1.165) is 17.8 Å². The van der Waals surface area contributed by atoms with Crippen molar-refractivity contribution < 1.29 is 19.4 Å². The maximum absolute atomic E-state index is 11.6. The van der Waals surface area contributed by atoms with E-state index in [4.69, 9.17) is 0 Å². The van der Waals surface area contributed by atoms with Crippen molar-refractivity contribution in [2.75, 3.05) is 19.5 Å². The molecule has 1 amide bonds. The number of carbonyl (C=O) groups excluding carboxylic acids is 2. The number of methoxy groups -OCH3 is 1. The number of amides is 1. The number of ether oxygens (including phenoxy) is 1. The Morgan fingerprint density at radius 3 is 2.96 bits per heavy atom. The zero-order valence-electron chi connectivity index (χ0n) is 12.4. The highest BCUT2D eigenvalue weighted by Crippen LogP contribution is 2.25. The van der Waals surface area contributed by atoms with Crippen LogP contribution in [-0.4, -0.2) is 42.5 Å². The molecule has 3 N–H and O–H groups in total. The molecule has 0 bridgehead atoms. The minimum Gasteiger partial charge on any atom is -0.507 e. The average molecular weight is 334 g/mol. The van der Waals surface area contributed by atoms with E-state index in [1.165, 1.54) is 19.4 Å². The molecule has 2 rings (SSSR count). The van der Waals surface area contributed by atoms with Crippen LogP contribution in [0.2, 0.25) is 0 Å². The fourth-order valence-electron chi connectivity index (χ4n) is 1.69. The van der Waals surface area contributed by atoms with Crippen molar-refractivity contribution in [2.24, 2.45) is 10.2 Å². The van der Waals surface area contributed by atoms with Crippen LogP contribution in [0.5, 0.6) is 5.75 Å². The number of benzene rings is 1. The van der Waals surface area contributed by atoms with E-state index in [1.807, 2.05) is 0 Å². The molecule has 120 valence electrons. The first kappa shape index (κ1) is 16.6. The Kier molecular flexibility index (Phi) is 5.36. The van der Waals surface area contributed by atoms with Crippen molar-refractivity contribution in [1.29, 1.82) is 0 Å². The Morgan fingerprint density at radius 1 is 1.48 bits per heavy atom. The van der Waals surface area contributed by atoms with Gasteiger partial charge in [0.05, 0.1) is 23.8 Å². The van der Waals surface area contributed by atoms with Gasteiger partial charge < -0.3 is 15.2 Å². The molecule has 1 aromatic rings. The zero-order chi connectivity index (χ0) is 16.8. The monoisotopic (exact) mass is 334 g/mol. The Labute approximate surface area is 136 Å². The van der Waals surface area contributed by atoms with E-state index in [1.54, 1.807) is 19.2 Å². The highest BCUT2D eigenvalue weighted by Gasteiger charge is 2.25. The number of thioether (sulfide) groups is 1. The summed E-state index contributed by atoms with van der Waals surface area (Å²) in [5.41, 5.74) is 1.15. The molecule has 0 aromatic heterocycles. The second-order valence-corrected chi connectivity index (χ2v) is 5.26. The third kappa shape index (κ3) is 4.10. The van der Waals surface area contributed by atoms with Gasteiger partial charge >= 0.3 is 5.97 Å². The molecule has 1 heterocycles. The molecule has 0 atom stereocenters. The number of phenolic OH excluding ortho intramolecular Hbond substituents is 1. The quantitative estimate of drug-likeness (QED) is 0.328. The van der Waals surface area contributed by atoms with Gasteiger partial charge in [0.2, 0.25) is 0 Å². The largest absolute Gasteiger partial charge is 0.507 e. The second-order valence-electron chi connectivity index (χ2n) is 4.23. The normalized spacial score (nSPS) is 17.7. The van der Waals surface area contributed by atoms with Crippen molar-refractivity contribution in [1.82, 2.24) is 5.32 Å².